The summed E-state index contributed by atoms with van der Waals surface area (Å²) in [6.07, 6.45) is 0.433. The number of hydrogen-bond acceptors (Lipinski definition) is 4. The van der Waals surface area contributed by atoms with E-state index in [1.807, 2.05) is 0 Å². The topological polar surface area (TPSA) is 75.7 Å². The number of alkyl halides is 3. The van der Waals surface area contributed by atoms with Gasteiger partial charge in [-0.1, -0.05) is 19.3 Å². The molecule has 0 heterocycles. The zero-order valence-corrected chi connectivity index (χ0v) is 15.8. The number of nitrogens with one attached hydrogen (secondary N) is 1. The highest BCUT2D eigenvalue weighted by Gasteiger charge is 2.31. The van der Waals surface area contributed by atoms with E-state index in [0.29, 0.717) is 0 Å². The molecule has 0 spiro atoms. The van der Waals surface area contributed by atoms with Gasteiger partial charge in [-0.2, -0.15) is 0 Å². The Labute approximate surface area is 156 Å². The normalized spacial score (nSPS) is 16.1. The van der Waals surface area contributed by atoms with Crippen LogP contribution < -0.4 is 9.46 Å². The summed E-state index contributed by atoms with van der Waals surface area (Å²) < 4.78 is 66.7. The van der Waals surface area contributed by atoms with Gasteiger partial charge in [0, 0.05) is 26.1 Å². The molecule has 152 valence electrons. The Bertz CT molecular complexity index is 730. The van der Waals surface area contributed by atoms with Crippen LogP contribution in [0.1, 0.15) is 38.5 Å². The highest BCUT2D eigenvalue weighted by molar-refractivity contribution is 7.89. The number of hydrogen-bond donors (Lipinski definition) is 1. The zero-order chi connectivity index (χ0) is 20.1. The van der Waals surface area contributed by atoms with Crippen molar-refractivity contribution in [1.29, 1.82) is 0 Å². The van der Waals surface area contributed by atoms with Gasteiger partial charge in [-0.25, -0.2) is 13.1 Å². The van der Waals surface area contributed by atoms with Crippen molar-refractivity contribution in [2.45, 2.75) is 55.8 Å². The lowest BCUT2D eigenvalue weighted by molar-refractivity contribution is -0.274. The van der Waals surface area contributed by atoms with Crippen LogP contribution in [0.4, 0.5) is 13.2 Å². The molecule has 0 aromatic heterocycles. The number of halogens is 3. The van der Waals surface area contributed by atoms with Crippen LogP contribution in [-0.2, 0) is 14.8 Å². The summed E-state index contributed by atoms with van der Waals surface area (Å²) in [7, 11) is -2.20. The molecule has 1 aromatic carbocycles. The molecule has 27 heavy (non-hydrogen) atoms. The Morgan fingerprint density at radius 3 is 2.33 bits per heavy atom. The van der Waals surface area contributed by atoms with Crippen LogP contribution in [0.5, 0.6) is 5.75 Å². The maximum absolute atomic E-state index is 12.2. The summed E-state index contributed by atoms with van der Waals surface area (Å²) in [6.45, 7) is -0.0843. The van der Waals surface area contributed by atoms with E-state index in [-0.39, 0.29) is 29.8 Å². The first-order valence-electron chi connectivity index (χ1n) is 8.69. The third-order valence-corrected chi connectivity index (χ3v) is 5.99. The average Bonchev–Trinajstić information content (AvgIpc) is 2.60. The molecule has 1 N–H and O–H groups in total. The number of carbonyl (C=O) groups is 1. The first-order valence-corrected chi connectivity index (χ1v) is 10.2. The molecular weight excluding hydrogens is 385 g/mol. The number of rotatable bonds is 7. The third-order valence-electron chi connectivity index (χ3n) is 4.51. The van der Waals surface area contributed by atoms with E-state index in [9.17, 15) is 26.4 Å². The Hall–Kier alpha value is -1.81. The second kappa shape index (κ2) is 8.92. The van der Waals surface area contributed by atoms with E-state index >= 15 is 0 Å². The second-order valence-electron chi connectivity index (χ2n) is 6.46. The van der Waals surface area contributed by atoms with Gasteiger partial charge in [0.25, 0.3) is 0 Å². The van der Waals surface area contributed by atoms with Crippen LogP contribution >= 0.6 is 0 Å². The van der Waals surface area contributed by atoms with E-state index in [4.69, 9.17) is 0 Å². The summed E-state index contributed by atoms with van der Waals surface area (Å²) in [6, 6.07) is 4.07. The van der Waals surface area contributed by atoms with Crippen molar-refractivity contribution in [3.63, 3.8) is 0 Å². The zero-order valence-electron chi connectivity index (χ0n) is 15.0. The van der Waals surface area contributed by atoms with Crippen molar-refractivity contribution < 1.29 is 31.1 Å². The van der Waals surface area contributed by atoms with Gasteiger partial charge < -0.3 is 9.64 Å². The van der Waals surface area contributed by atoms with E-state index in [1.165, 1.54) is 6.42 Å². The van der Waals surface area contributed by atoms with Gasteiger partial charge >= 0.3 is 6.36 Å². The summed E-state index contributed by atoms with van der Waals surface area (Å²) in [5.41, 5.74) is 0. The summed E-state index contributed by atoms with van der Waals surface area (Å²) in [4.78, 5) is 13.7. The minimum atomic E-state index is -4.84. The number of amides is 1. The molecule has 10 heteroatoms. The third kappa shape index (κ3) is 6.69. The Morgan fingerprint density at radius 2 is 1.78 bits per heavy atom. The molecule has 1 fully saturated rings. The SMILES string of the molecule is CN(C(=O)CCNS(=O)(=O)c1ccc(OC(F)(F)F)cc1)C1CCCCC1. The standard InChI is InChI=1S/C17H23F3N2O4S/c1-22(13-5-3-2-4-6-13)16(23)11-12-21-27(24,25)15-9-7-14(8-10-15)26-17(18,19)20/h7-10,13,21H,2-6,11-12H2,1H3. The van der Waals surface area contributed by atoms with Gasteiger partial charge in [-0.15, -0.1) is 13.2 Å². The fourth-order valence-electron chi connectivity index (χ4n) is 3.04. The van der Waals surface area contributed by atoms with E-state index in [0.717, 1.165) is 49.9 Å². The lowest BCUT2D eigenvalue weighted by atomic mass is 9.94. The Morgan fingerprint density at radius 1 is 1.19 bits per heavy atom. The molecule has 0 radical (unpaired) electrons. The maximum Gasteiger partial charge on any atom is 0.573 e. The van der Waals surface area contributed by atoms with Crippen LogP contribution in [0, 0.1) is 0 Å². The molecule has 1 saturated carbocycles. The average molecular weight is 408 g/mol. The van der Waals surface area contributed by atoms with Crippen molar-refractivity contribution in [2.75, 3.05) is 13.6 Å². The minimum absolute atomic E-state index is 0.0154. The number of carbonyl (C=O) groups excluding carboxylic acids is 1. The van der Waals surface area contributed by atoms with E-state index < -0.39 is 22.1 Å². The largest absolute Gasteiger partial charge is 0.573 e. The number of benzene rings is 1. The van der Waals surface area contributed by atoms with Crippen LogP contribution in [0.3, 0.4) is 0 Å². The van der Waals surface area contributed by atoms with E-state index in [1.54, 1.807) is 11.9 Å². The molecule has 2 rings (SSSR count). The summed E-state index contributed by atoms with van der Waals surface area (Å²) in [5.74, 6) is -0.649. The predicted octanol–water partition coefficient (Wildman–Crippen LogP) is 3.04. The highest BCUT2D eigenvalue weighted by atomic mass is 32.2. The quantitative estimate of drug-likeness (QED) is 0.753. The molecule has 0 saturated heterocycles. The van der Waals surface area contributed by atoms with Gasteiger partial charge in [0.1, 0.15) is 5.75 Å². The monoisotopic (exact) mass is 408 g/mol. The van der Waals surface area contributed by atoms with Crippen LogP contribution in [0.2, 0.25) is 0 Å². The van der Waals surface area contributed by atoms with Crippen LogP contribution in [0.15, 0.2) is 29.2 Å². The molecule has 0 unspecified atom stereocenters. The molecule has 1 aromatic rings. The van der Waals surface area contributed by atoms with Crippen molar-refractivity contribution in [3.8, 4) is 5.75 Å². The first kappa shape index (κ1) is 21.5. The minimum Gasteiger partial charge on any atom is -0.406 e. The molecule has 1 aliphatic carbocycles. The van der Waals surface area contributed by atoms with Crippen LogP contribution in [0.25, 0.3) is 0 Å². The fourth-order valence-corrected chi connectivity index (χ4v) is 4.08. The Kier molecular flexibility index (Phi) is 7.10. The summed E-state index contributed by atoms with van der Waals surface area (Å²) >= 11 is 0. The van der Waals surface area contributed by atoms with Crippen LogP contribution in [-0.4, -0.2) is 45.2 Å². The van der Waals surface area contributed by atoms with Gasteiger partial charge in [0.15, 0.2) is 0 Å². The molecule has 1 aliphatic rings. The van der Waals surface area contributed by atoms with Gasteiger partial charge in [0.05, 0.1) is 4.90 Å². The van der Waals surface area contributed by atoms with Crippen molar-refractivity contribution >= 4 is 15.9 Å². The Balaban J connectivity index is 1.86. The highest BCUT2D eigenvalue weighted by Crippen LogP contribution is 2.24. The van der Waals surface area contributed by atoms with E-state index in [2.05, 4.69) is 9.46 Å². The smallest absolute Gasteiger partial charge is 0.406 e. The van der Waals surface area contributed by atoms with Gasteiger partial charge in [-0.05, 0) is 37.1 Å². The number of nitrogens with zero attached hydrogens (tertiary/aromatic N) is 1. The van der Waals surface area contributed by atoms with Crippen molar-refractivity contribution in [3.05, 3.63) is 24.3 Å². The number of ether oxygens (including phenoxy) is 1. The fraction of sp³-hybridized carbons (Fsp3) is 0.588. The van der Waals surface area contributed by atoms with Crippen molar-refractivity contribution in [2.24, 2.45) is 0 Å². The molecule has 0 bridgehead atoms. The molecule has 6 nitrogen and oxygen atoms in total. The lowest BCUT2D eigenvalue weighted by Gasteiger charge is -2.31. The molecule has 0 atom stereocenters. The second-order valence-corrected chi connectivity index (χ2v) is 8.23. The summed E-state index contributed by atoms with van der Waals surface area (Å²) in [5, 5.41) is 0. The van der Waals surface area contributed by atoms with Gasteiger partial charge in [0.2, 0.25) is 15.9 Å². The predicted molar refractivity (Wildman–Crippen MR) is 92.6 cm³/mol. The van der Waals surface area contributed by atoms with Gasteiger partial charge in [-0.3, -0.25) is 4.79 Å². The lowest BCUT2D eigenvalue weighted by Crippen LogP contribution is -2.39. The van der Waals surface area contributed by atoms with Crippen molar-refractivity contribution in [1.82, 2.24) is 9.62 Å². The maximum atomic E-state index is 12.2. The first-order chi connectivity index (χ1) is 12.6. The molecule has 1 amide bonds. The molecular formula is C17H23F3N2O4S. The molecule has 0 aliphatic heterocycles. The number of sulfonamides is 1.